The molecule has 1 atom stereocenters. The number of hydrogen-bond donors (Lipinski definition) is 0. The van der Waals surface area contributed by atoms with E-state index in [0.29, 0.717) is 17.2 Å². The number of carbonyl (C=O) groups is 1. The summed E-state index contributed by atoms with van der Waals surface area (Å²) in [5, 5.41) is 0. The number of anilines is 2. The second kappa shape index (κ2) is 11.0. The molecule has 1 saturated carbocycles. The Bertz CT molecular complexity index is 1310. The highest BCUT2D eigenvalue weighted by Crippen LogP contribution is 2.39. The Hall–Kier alpha value is -3.22. The van der Waals surface area contributed by atoms with Crippen molar-refractivity contribution in [2.24, 2.45) is 5.92 Å². The lowest BCUT2D eigenvalue weighted by Gasteiger charge is -2.33. The van der Waals surface area contributed by atoms with Crippen LogP contribution in [0.4, 0.5) is 11.4 Å². The minimum absolute atomic E-state index is 0.118. The first kappa shape index (κ1) is 25.4. The molecule has 0 bridgehead atoms. The lowest BCUT2D eigenvalue weighted by molar-refractivity contribution is -0.113. The SMILES string of the molecule is Cc1ccc(S(=O)(=O)N2C/C(=C\C(=O)N(c3ccccc3)c3ccccc3)CC2C2CCCCC2)cc1. The number of aryl methyl sites for hydroxylation is 1. The lowest BCUT2D eigenvalue weighted by atomic mass is 9.83. The lowest BCUT2D eigenvalue weighted by Crippen LogP contribution is -2.40. The van der Waals surface area contributed by atoms with Gasteiger partial charge in [-0.3, -0.25) is 9.69 Å². The molecule has 192 valence electrons. The average molecular weight is 515 g/mol. The molecule has 3 aromatic carbocycles. The van der Waals surface area contributed by atoms with E-state index in [2.05, 4.69) is 0 Å². The van der Waals surface area contributed by atoms with Crippen LogP contribution in [-0.4, -0.2) is 31.2 Å². The first-order chi connectivity index (χ1) is 17.9. The van der Waals surface area contributed by atoms with Crippen LogP contribution in [0.15, 0.2) is 101 Å². The number of sulfonamides is 1. The molecule has 5 nitrogen and oxygen atoms in total. The summed E-state index contributed by atoms with van der Waals surface area (Å²) < 4.78 is 29.3. The van der Waals surface area contributed by atoms with Gasteiger partial charge in [0.1, 0.15) is 0 Å². The maximum absolute atomic E-state index is 13.8. The van der Waals surface area contributed by atoms with Crippen molar-refractivity contribution in [1.82, 2.24) is 4.31 Å². The van der Waals surface area contributed by atoms with Gasteiger partial charge in [0, 0.05) is 30.0 Å². The van der Waals surface area contributed by atoms with Gasteiger partial charge in [-0.05, 0) is 74.1 Å². The number of hydrogen-bond acceptors (Lipinski definition) is 3. The number of nitrogens with zero attached hydrogens (tertiary/aromatic N) is 2. The second-order valence-electron chi connectivity index (χ2n) is 10.2. The molecular formula is C31H34N2O3S. The zero-order valence-electron chi connectivity index (χ0n) is 21.3. The zero-order chi connectivity index (χ0) is 25.8. The van der Waals surface area contributed by atoms with Crippen molar-refractivity contribution in [1.29, 1.82) is 0 Å². The molecule has 0 spiro atoms. The molecular weight excluding hydrogens is 480 g/mol. The van der Waals surface area contributed by atoms with Crippen molar-refractivity contribution in [3.8, 4) is 0 Å². The van der Waals surface area contributed by atoms with Crippen LogP contribution >= 0.6 is 0 Å². The van der Waals surface area contributed by atoms with E-state index in [4.69, 9.17) is 0 Å². The number of carbonyl (C=O) groups excluding carboxylic acids is 1. The molecule has 3 aromatic rings. The maximum Gasteiger partial charge on any atom is 0.255 e. The van der Waals surface area contributed by atoms with Crippen molar-refractivity contribution >= 4 is 27.3 Å². The average Bonchev–Trinajstić information content (AvgIpc) is 3.35. The standard InChI is InChI=1S/C31H34N2O3S/c1-24-17-19-29(20-18-24)37(35,36)32-23-25(21-30(32)26-11-5-2-6-12-26)22-31(34)33(27-13-7-3-8-14-27)28-15-9-4-10-16-28/h3-4,7-10,13-20,22,26,30H,2,5-6,11-12,21,23H2,1H3/b25-22-. The van der Waals surface area contributed by atoms with Crippen LogP contribution in [-0.2, 0) is 14.8 Å². The first-order valence-corrected chi connectivity index (χ1v) is 14.6. The third-order valence-electron chi connectivity index (χ3n) is 7.60. The summed E-state index contributed by atoms with van der Waals surface area (Å²) in [4.78, 5) is 15.7. The van der Waals surface area contributed by atoms with E-state index in [0.717, 1.165) is 48.2 Å². The van der Waals surface area contributed by atoms with E-state index in [1.807, 2.05) is 79.7 Å². The van der Waals surface area contributed by atoms with Gasteiger partial charge >= 0.3 is 0 Å². The Labute approximate surface area is 220 Å². The number of amides is 1. The van der Waals surface area contributed by atoms with Gasteiger partial charge in [-0.1, -0.05) is 73.4 Å². The Morgan fingerprint density at radius 1 is 0.838 bits per heavy atom. The minimum Gasteiger partial charge on any atom is -0.278 e. The zero-order valence-corrected chi connectivity index (χ0v) is 22.1. The molecule has 1 heterocycles. The molecule has 6 heteroatoms. The molecule has 1 aliphatic heterocycles. The van der Waals surface area contributed by atoms with Gasteiger partial charge in [0.2, 0.25) is 10.0 Å². The molecule has 1 unspecified atom stereocenters. The third kappa shape index (κ3) is 5.55. The largest absolute Gasteiger partial charge is 0.278 e. The quantitative estimate of drug-likeness (QED) is 0.347. The molecule has 5 rings (SSSR count). The summed E-state index contributed by atoms with van der Waals surface area (Å²) >= 11 is 0. The Balaban J connectivity index is 1.48. The van der Waals surface area contributed by atoms with Crippen molar-refractivity contribution in [2.75, 3.05) is 11.4 Å². The van der Waals surface area contributed by atoms with Gasteiger partial charge in [0.15, 0.2) is 0 Å². The van der Waals surface area contributed by atoms with Gasteiger partial charge in [0.05, 0.1) is 4.90 Å². The van der Waals surface area contributed by atoms with E-state index in [-0.39, 0.29) is 18.5 Å². The van der Waals surface area contributed by atoms with Crippen LogP contribution in [0.2, 0.25) is 0 Å². The second-order valence-corrected chi connectivity index (χ2v) is 12.1. The normalized spacial score (nSPS) is 20.2. The van der Waals surface area contributed by atoms with Crippen molar-refractivity contribution in [3.05, 3.63) is 102 Å². The van der Waals surface area contributed by atoms with E-state index in [1.165, 1.54) is 6.42 Å². The molecule has 2 fully saturated rings. The van der Waals surface area contributed by atoms with E-state index < -0.39 is 10.0 Å². The summed E-state index contributed by atoms with van der Waals surface area (Å²) in [6, 6.07) is 26.1. The highest BCUT2D eigenvalue weighted by Gasteiger charge is 2.42. The molecule has 2 aliphatic rings. The van der Waals surface area contributed by atoms with Gasteiger partial charge in [-0.25, -0.2) is 8.42 Å². The molecule has 1 amide bonds. The van der Waals surface area contributed by atoms with Crippen LogP contribution < -0.4 is 4.90 Å². The van der Waals surface area contributed by atoms with Crippen LogP contribution in [0.25, 0.3) is 0 Å². The highest BCUT2D eigenvalue weighted by molar-refractivity contribution is 7.89. The Kier molecular flexibility index (Phi) is 7.58. The number of para-hydroxylation sites is 2. The summed E-state index contributed by atoms with van der Waals surface area (Å²) in [5.41, 5.74) is 3.45. The summed E-state index contributed by atoms with van der Waals surface area (Å²) in [5.74, 6) is 0.152. The predicted octanol–water partition coefficient (Wildman–Crippen LogP) is 6.63. The van der Waals surface area contributed by atoms with Crippen molar-refractivity contribution in [3.63, 3.8) is 0 Å². The fourth-order valence-corrected chi connectivity index (χ4v) is 7.37. The fraction of sp³-hybridized carbons (Fsp3) is 0.323. The monoisotopic (exact) mass is 514 g/mol. The van der Waals surface area contributed by atoms with Gasteiger partial charge < -0.3 is 0 Å². The molecule has 0 aromatic heterocycles. The van der Waals surface area contributed by atoms with Gasteiger partial charge in [-0.15, -0.1) is 0 Å². The van der Waals surface area contributed by atoms with Gasteiger partial charge in [0.25, 0.3) is 5.91 Å². The number of benzene rings is 3. The summed E-state index contributed by atoms with van der Waals surface area (Å²) in [6.45, 7) is 2.20. The van der Waals surface area contributed by atoms with Crippen LogP contribution in [0, 0.1) is 12.8 Å². The minimum atomic E-state index is -3.68. The molecule has 1 saturated heterocycles. The molecule has 0 radical (unpaired) electrons. The fourth-order valence-electron chi connectivity index (χ4n) is 5.68. The van der Waals surface area contributed by atoms with Gasteiger partial charge in [-0.2, -0.15) is 4.31 Å². The van der Waals surface area contributed by atoms with E-state index in [1.54, 1.807) is 27.4 Å². The van der Waals surface area contributed by atoms with Crippen molar-refractivity contribution < 1.29 is 13.2 Å². The molecule has 0 N–H and O–H groups in total. The summed E-state index contributed by atoms with van der Waals surface area (Å²) in [7, 11) is -3.68. The Morgan fingerprint density at radius 3 is 1.97 bits per heavy atom. The van der Waals surface area contributed by atoms with Crippen molar-refractivity contribution in [2.45, 2.75) is 56.4 Å². The number of rotatable bonds is 6. The third-order valence-corrected chi connectivity index (χ3v) is 9.48. The van der Waals surface area contributed by atoms with Crippen LogP contribution in [0.3, 0.4) is 0 Å². The van der Waals surface area contributed by atoms with Crippen LogP contribution in [0.1, 0.15) is 44.1 Å². The first-order valence-electron chi connectivity index (χ1n) is 13.2. The molecule has 37 heavy (non-hydrogen) atoms. The van der Waals surface area contributed by atoms with E-state index >= 15 is 0 Å². The summed E-state index contributed by atoms with van der Waals surface area (Å²) in [6.07, 6.45) is 7.80. The highest BCUT2D eigenvalue weighted by atomic mass is 32.2. The van der Waals surface area contributed by atoms with Crippen LogP contribution in [0.5, 0.6) is 0 Å². The topological polar surface area (TPSA) is 57.7 Å². The maximum atomic E-state index is 13.8. The Morgan fingerprint density at radius 2 is 1.41 bits per heavy atom. The smallest absolute Gasteiger partial charge is 0.255 e. The predicted molar refractivity (Wildman–Crippen MR) is 148 cm³/mol. The van der Waals surface area contributed by atoms with E-state index in [9.17, 15) is 13.2 Å². The molecule has 1 aliphatic carbocycles.